The quantitative estimate of drug-likeness (QED) is 0.729. The lowest BCUT2D eigenvalue weighted by Gasteiger charge is -2.07. The highest BCUT2D eigenvalue weighted by atomic mass is 16.5. The highest BCUT2D eigenvalue weighted by molar-refractivity contribution is 5.55. The minimum absolute atomic E-state index is 0.765. The third kappa shape index (κ3) is 2.52. The van der Waals surface area contributed by atoms with Crippen LogP contribution in [0.15, 0.2) is 24.3 Å². The first-order valence-electron chi connectivity index (χ1n) is 4.70. The van der Waals surface area contributed by atoms with E-state index in [2.05, 4.69) is 19.1 Å². The zero-order valence-electron chi connectivity index (χ0n) is 8.91. The molecule has 14 heavy (non-hydrogen) atoms. The predicted octanol–water partition coefficient (Wildman–Crippen LogP) is 3.13. The smallest absolute Gasteiger partial charge is 0.161 e. The van der Waals surface area contributed by atoms with Gasteiger partial charge in [0, 0.05) is 0 Å². The van der Waals surface area contributed by atoms with Gasteiger partial charge in [0.15, 0.2) is 11.5 Å². The zero-order chi connectivity index (χ0) is 10.4. The average Bonchev–Trinajstić information content (AvgIpc) is 2.25. The molecule has 0 aromatic heterocycles. The first-order chi connectivity index (χ1) is 6.81. The Balaban J connectivity index is 2.95. The summed E-state index contributed by atoms with van der Waals surface area (Å²) in [5, 5.41) is 0. The standard InChI is InChI=1S/C12H16O2/c1-4-5-6-10-7-8-11(13-2)12(9-10)14-3/h5-9H,4H2,1-3H3/b6-5+. The van der Waals surface area contributed by atoms with E-state index < -0.39 is 0 Å². The van der Waals surface area contributed by atoms with E-state index in [0.29, 0.717) is 0 Å². The number of methoxy groups -OCH3 is 2. The summed E-state index contributed by atoms with van der Waals surface area (Å²) in [6.45, 7) is 2.11. The number of hydrogen-bond acceptors (Lipinski definition) is 2. The fourth-order valence-corrected chi connectivity index (χ4v) is 1.21. The molecule has 76 valence electrons. The van der Waals surface area contributed by atoms with Crippen molar-refractivity contribution in [2.45, 2.75) is 13.3 Å². The van der Waals surface area contributed by atoms with Crippen molar-refractivity contribution in [2.24, 2.45) is 0 Å². The molecule has 0 saturated heterocycles. The maximum atomic E-state index is 5.20. The van der Waals surface area contributed by atoms with Gasteiger partial charge in [-0.2, -0.15) is 0 Å². The normalized spacial score (nSPS) is 10.5. The second-order valence-electron chi connectivity index (χ2n) is 2.93. The second kappa shape index (κ2) is 5.32. The molecule has 0 aliphatic heterocycles. The molecule has 0 amide bonds. The van der Waals surface area contributed by atoms with Gasteiger partial charge in [0.25, 0.3) is 0 Å². The molecule has 0 aliphatic rings. The first kappa shape index (κ1) is 10.6. The summed E-state index contributed by atoms with van der Waals surface area (Å²) in [5.74, 6) is 1.53. The summed E-state index contributed by atoms with van der Waals surface area (Å²) >= 11 is 0. The average molecular weight is 192 g/mol. The molecule has 2 nitrogen and oxygen atoms in total. The zero-order valence-corrected chi connectivity index (χ0v) is 8.91. The molecule has 0 N–H and O–H groups in total. The van der Waals surface area contributed by atoms with Crippen LogP contribution in [0.4, 0.5) is 0 Å². The van der Waals surface area contributed by atoms with Crippen molar-refractivity contribution in [3.63, 3.8) is 0 Å². The van der Waals surface area contributed by atoms with Crippen LogP contribution in [0.5, 0.6) is 11.5 Å². The van der Waals surface area contributed by atoms with Crippen LogP contribution in [-0.4, -0.2) is 14.2 Å². The van der Waals surface area contributed by atoms with Crippen molar-refractivity contribution >= 4 is 6.08 Å². The molecule has 0 spiro atoms. The largest absolute Gasteiger partial charge is 0.493 e. The van der Waals surface area contributed by atoms with Crippen molar-refractivity contribution < 1.29 is 9.47 Å². The Morgan fingerprint density at radius 3 is 2.43 bits per heavy atom. The maximum Gasteiger partial charge on any atom is 0.161 e. The lowest BCUT2D eigenvalue weighted by molar-refractivity contribution is 0.355. The van der Waals surface area contributed by atoms with Gasteiger partial charge in [-0.15, -0.1) is 0 Å². The summed E-state index contributed by atoms with van der Waals surface area (Å²) in [6.07, 6.45) is 5.22. The number of hydrogen-bond donors (Lipinski definition) is 0. The highest BCUT2D eigenvalue weighted by Gasteiger charge is 2.01. The summed E-state index contributed by atoms with van der Waals surface area (Å²) in [7, 11) is 3.28. The Kier molecular flexibility index (Phi) is 4.05. The van der Waals surface area contributed by atoms with Crippen molar-refractivity contribution in [3.05, 3.63) is 29.8 Å². The minimum Gasteiger partial charge on any atom is -0.493 e. The van der Waals surface area contributed by atoms with Crippen LogP contribution < -0.4 is 9.47 Å². The lowest BCUT2D eigenvalue weighted by atomic mass is 10.2. The summed E-state index contributed by atoms with van der Waals surface area (Å²) < 4.78 is 10.3. The summed E-state index contributed by atoms with van der Waals surface area (Å²) in [5.41, 5.74) is 1.13. The third-order valence-corrected chi connectivity index (χ3v) is 1.95. The molecular weight excluding hydrogens is 176 g/mol. The monoisotopic (exact) mass is 192 g/mol. The second-order valence-corrected chi connectivity index (χ2v) is 2.93. The highest BCUT2D eigenvalue weighted by Crippen LogP contribution is 2.27. The van der Waals surface area contributed by atoms with Gasteiger partial charge < -0.3 is 9.47 Å². The fourth-order valence-electron chi connectivity index (χ4n) is 1.21. The fraction of sp³-hybridized carbons (Fsp3) is 0.333. The van der Waals surface area contributed by atoms with Gasteiger partial charge in [0.1, 0.15) is 0 Å². The molecule has 0 heterocycles. The molecule has 0 unspecified atom stereocenters. The molecule has 0 saturated carbocycles. The van der Waals surface area contributed by atoms with E-state index in [0.717, 1.165) is 23.5 Å². The molecule has 0 radical (unpaired) electrons. The number of benzene rings is 1. The Hall–Kier alpha value is -1.44. The van der Waals surface area contributed by atoms with E-state index in [9.17, 15) is 0 Å². The van der Waals surface area contributed by atoms with E-state index >= 15 is 0 Å². The van der Waals surface area contributed by atoms with Gasteiger partial charge in [-0.3, -0.25) is 0 Å². The number of ether oxygens (including phenoxy) is 2. The van der Waals surface area contributed by atoms with Crippen LogP contribution in [0.3, 0.4) is 0 Å². The van der Waals surface area contributed by atoms with Gasteiger partial charge in [-0.1, -0.05) is 25.1 Å². The summed E-state index contributed by atoms with van der Waals surface area (Å²) in [6, 6.07) is 5.88. The molecule has 2 heteroatoms. The molecule has 0 bridgehead atoms. The number of allylic oxidation sites excluding steroid dienone is 1. The molecular formula is C12H16O2. The predicted molar refractivity (Wildman–Crippen MR) is 58.9 cm³/mol. The van der Waals surface area contributed by atoms with Crippen molar-refractivity contribution in [3.8, 4) is 11.5 Å². The maximum absolute atomic E-state index is 5.20. The Bertz CT molecular complexity index is 316. The van der Waals surface area contributed by atoms with Crippen LogP contribution in [0.25, 0.3) is 6.08 Å². The van der Waals surface area contributed by atoms with Gasteiger partial charge in [-0.25, -0.2) is 0 Å². The lowest BCUT2D eigenvalue weighted by Crippen LogP contribution is -1.90. The van der Waals surface area contributed by atoms with Crippen LogP contribution in [0.1, 0.15) is 18.9 Å². The molecule has 1 aromatic carbocycles. The van der Waals surface area contributed by atoms with Gasteiger partial charge in [-0.05, 0) is 24.1 Å². The summed E-state index contributed by atoms with van der Waals surface area (Å²) in [4.78, 5) is 0. The van der Waals surface area contributed by atoms with Gasteiger partial charge in [0.05, 0.1) is 14.2 Å². The molecule has 0 aliphatic carbocycles. The van der Waals surface area contributed by atoms with E-state index in [4.69, 9.17) is 9.47 Å². The molecule has 0 fully saturated rings. The molecule has 0 atom stereocenters. The molecule has 1 rings (SSSR count). The van der Waals surface area contributed by atoms with Crippen LogP contribution in [0, 0.1) is 0 Å². The van der Waals surface area contributed by atoms with E-state index in [1.165, 1.54) is 0 Å². The van der Waals surface area contributed by atoms with Crippen molar-refractivity contribution in [1.82, 2.24) is 0 Å². The third-order valence-electron chi connectivity index (χ3n) is 1.95. The Morgan fingerprint density at radius 2 is 1.86 bits per heavy atom. The van der Waals surface area contributed by atoms with E-state index in [1.807, 2.05) is 18.2 Å². The van der Waals surface area contributed by atoms with E-state index in [-0.39, 0.29) is 0 Å². The SMILES string of the molecule is CC/C=C/c1ccc(OC)c(OC)c1. The van der Waals surface area contributed by atoms with Gasteiger partial charge in [0.2, 0.25) is 0 Å². The van der Waals surface area contributed by atoms with Crippen molar-refractivity contribution in [2.75, 3.05) is 14.2 Å². The first-order valence-corrected chi connectivity index (χ1v) is 4.70. The van der Waals surface area contributed by atoms with Crippen molar-refractivity contribution in [1.29, 1.82) is 0 Å². The molecule has 1 aromatic rings. The van der Waals surface area contributed by atoms with Crippen LogP contribution in [-0.2, 0) is 0 Å². The van der Waals surface area contributed by atoms with E-state index in [1.54, 1.807) is 14.2 Å². The van der Waals surface area contributed by atoms with Crippen LogP contribution >= 0.6 is 0 Å². The minimum atomic E-state index is 0.765. The van der Waals surface area contributed by atoms with Crippen LogP contribution in [0.2, 0.25) is 0 Å². The number of rotatable bonds is 4. The Morgan fingerprint density at radius 1 is 1.14 bits per heavy atom. The Labute approximate surface area is 85.2 Å². The van der Waals surface area contributed by atoms with Gasteiger partial charge >= 0.3 is 0 Å². The topological polar surface area (TPSA) is 18.5 Å².